The maximum absolute atomic E-state index is 11.9. The van der Waals surface area contributed by atoms with Crippen molar-refractivity contribution in [2.24, 2.45) is 0 Å². The van der Waals surface area contributed by atoms with Gasteiger partial charge in [0, 0.05) is 29.2 Å². The summed E-state index contributed by atoms with van der Waals surface area (Å²) < 4.78 is 9.58. The largest absolute Gasteiger partial charge is 0.457 e. The first-order valence-corrected chi connectivity index (χ1v) is 5.79. The average Bonchev–Trinajstić information content (AvgIpc) is 2.87. The highest BCUT2D eigenvalue weighted by Gasteiger charge is 2.14. The molecule has 0 saturated heterocycles. The Morgan fingerprint density at radius 2 is 2.24 bits per heavy atom. The smallest absolute Gasteiger partial charge is 0.338 e. The summed E-state index contributed by atoms with van der Waals surface area (Å²) in [6.07, 6.45) is 3.26. The number of fused-ring (bicyclic) bond motifs is 1. The number of aromatic nitrogens is 3. The zero-order valence-corrected chi connectivity index (χ0v) is 11.4. The first kappa shape index (κ1) is 14.7. The monoisotopic (exact) mass is 307 g/mol. The van der Waals surface area contributed by atoms with Crippen LogP contribution in [0.25, 0.3) is 11.0 Å². The minimum absolute atomic E-state index is 0. The van der Waals surface area contributed by atoms with Gasteiger partial charge in [0.2, 0.25) is 11.0 Å². The van der Waals surface area contributed by atoms with Crippen LogP contribution in [-0.2, 0) is 11.3 Å². The number of halogens is 1. The van der Waals surface area contributed by atoms with Crippen LogP contribution in [0.4, 0.5) is 0 Å². The number of ether oxygens (including phenoxy) is 1. The molecule has 0 spiro atoms. The van der Waals surface area contributed by atoms with Gasteiger partial charge in [-0.15, -0.1) is 12.4 Å². The van der Waals surface area contributed by atoms with Crippen molar-refractivity contribution in [1.29, 1.82) is 0 Å². The van der Waals surface area contributed by atoms with Crippen molar-refractivity contribution in [3.8, 4) is 0 Å². The Hall–Kier alpha value is -2.67. The second kappa shape index (κ2) is 6.19. The van der Waals surface area contributed by atoms with Crippen molar-refractivity contribution in [2.45, 2.75) is 6.61 Å². The first-order chi connectivity index (χ1) is 9.74. The van der Waals surface area contributed by atoms with Crippen molar-refractivity contribution < 1.29 is 19.1 Å². The van der Waals surface area contributed by atoms with Crippen molar-refractivity contribution in [3.63, 3.8) is 0 Å². The summed E-state index contributed by atoms with van der Waals surface area (Å²) in [6.45, 7) is 0.130. The molecule has 0 bridgehead atoms. The fourth-order valence-corrected chi connectivity index (χ4v) is 1.72. The number of esters is 1. The van der Waals surface area contributed by atoms with E-state index in [1.807, 2.05) is 0 Å². The van der Waals surface area contributed by atoms with Crippen LogP contribution in [0.5, 0.6) is 0 Å². The van der Waals surface area contributed by atoms with Gasteiger partial charge in [0.25, 0.3) is 0 Å². The highest BCUT2D eigenvalue weighted by atomic mass is 35.5. The maximum atomic E-state index is 11.9. The molecule has 108 valence electrons. The highest BCUT2D eigenvalue weighted by Crippen LogP contribution is 2.12. The maximum Gasteiger partial charge on any atom is 0.338 e. The lowest BCUT2D eigenvalue weighted by molar-refractivity contribution is -0.782. The molecule has 0 aliphatic heterocycles. The topological polar surface area (TPSA) is 92.2 Å². The van der Waals surface area contributed by atoms with E-state index < -0.39 is 5.97 Å². The number of carbonyl (C=O) groups excluding carboxylic acids is 1. The molecule has 0 amide bonds. The third kappa shape index (κ3) is 3.09. The van der Waals surface area contributed by atoms with Gasteiger partial charge in [-0.3, -0.25) is 9.61 Å². The van der Waals surface area contributed by atoms with Crippen molar-refractivity contribution in [2.75, 3.05) is 0 Å². The van der Waals surface area contributed by atoms with Crippen LogP contribution in [0.3, 0.4) is 0 Å². The van der Waals surface area contributed by atoms with Gasteiger partial charge in [-0.25, -0.2) is 4.79 Å². The number of rotatable bonds is 3. The van der Waals surface area contributed by atoms with Crippen LogP contribution in [0.2, 0.25) is 0 Å². The summed E-state index contributed by atoms with van der Waals surface area (Å²) in [5.74, 6) is -0.504. The molecule has 2 heterocycles. The molecule has 1 aromatic carbocycles. The van der Waals surface area contributed by atoms with E-state index in [2.05, 4.69) is 14.8 Å². The zero-order chi connectivity index (χ0) is 13.9. The number of benzene rings is 1. The molecule has 0 aliphatic carbocycles. The van der Waals surface area contributed by atoms with Crippen molar-refractivity contribution in [1.82, 2.24) is 10.1 Å². The number of nitrogens with zero attached hydrogens (tertiary/aromatic N) is 3. The lowest BCUT2D eigenvalue weighted by atomic mass is 10.2. The van der Waals surface area contributed by atoms with Gasteiger partial charge in [-0.05, 0) is 23.1 Å². The van der Waals surface area contributed by atoms with E-state index in [9.17, 15) is 10.0 Å². The van der Waals surface area contributed by atoms with E-state index in [0.717, 1.165) is 5.56 Å². The second-order valence-corrected chi connectivity index (χ2v) is 4.07. The molecular formula is C13H10ClN3O4. The van der Waals surface area contributed by atoms with Gasteiger partial charge in [-0.1, -0.05) is 6.07 Å². The molecule has 0 fully saturated rings. The predicted octanol–water partition coefficient (Wildman–Crippen LogP) is 1.64. The lowest BCUT2D eigenvalue weighted by Gasteiger charge is -2.03. The van der Waals surface area contributed by atoms with Crippen LogP contribution in [-0.4, -0.2) is 16.1 Å². The van der Waals surface area contributed by atoms with Crippen LogP contribution in [0, 0.1) is 5.21 Å². The quantitative estimate of drug-likeness (QED) is 0.539. The molecule has 3 aromatic rings. The van der Waals surface area contributed by atoms with Crippen molar-refractivity contribution in [3.05, 3.63) is 59.1 Å². The standard InChI is InChI=1S/C13H9N3O4.ClH/c17-13(19-8-9-2-1-5-14-7-9)10-3-4-12-11(6-10)15-20-16(12)18;/h1-7H,8H2;1H. The van der Waals surface area contributed by atoms with Gasteiger partial charge in [0.1, 0.15) is 6.61 Å². The number of carbonyl (C=O) groups is 1. The van der Waals surface area contributed by atoms with E-state index in [1.54, 1.807) is 24.5 Å². The van der Waals surface area contributed by atoms with Gasteiger partial charge in [-0.2, -0.15) is 0 Å². The molecule has 0 saturated carbocycles. The van der Waals surface area contributed by atoms with E-state index in [1.165, 1.54) is 18.2 Å². The van der Waals surface area contributed by atoms with E-state index in [-0.39, 0.29) is 29.4 Å². The van der Waals surface area contributed by atoms with Gasteiger partial charge in [0.15, 0.2) is 0 Å². The predicted molar refractivity (Wildman–Crippen MR) is 73.6 cm³/mol. The third-order valence-corrected chi connectivity index (χ3v) is 2.71. The third-order valence-electron chi connectivity index (χ3n) is 2.71. The minimum atomic E-state index is -0.504. The van der Waals surface area contributed by atoms with Gasteiger partial charge >= 0.3 is 5.97 Å². The Balaban J connectivity index is 0.00000161. The Kier molecular flexibility index (Phi) is 4.34. The van der Waals surface area contributed by atoms with Gasteiger partial charge < -0.3 is 9.94 Å². The first-order valence-electron chi connectivity index (χ1n) is 5.79. The van der Waals surface area contributed by atoms with Crippen LogP contribution < -0.4 is 4.90 Å². The lowest BCUT2D eigenvalue weighted by Crippen LogP contribution is -2.22. The molecule has 0 N–H and O–H groups in total. The van der Waals surface area contributed by atoms with Crippen LogP contribution in [0.15, 0.2) is 47.4 Å². The summed E-state index contributed by atoms with van der Waals surface area (Å²) >= 11 is 0. The number of pyridine rings is 1. The summed E-state index contributed by atoms with van der Waals surface area (Å²) in [5, 5.41) is 14.7. The number of hydrogen-bond donors (Lipinski definition) is 0. The molecule has 21 heavy (non-hydrogen) atoms. The molecule has 0 aliphatic rings. The fourth-order valence-electron chi connectivity index (χ4n) is 1.72. The summed E-state index contributed by atoms with van der Waals surface area (Å²) in [4.78, 5) is 16.1. The Labute approximate surface area is 125 Å². The molecule has 0 atom stereocenters. The fraction of sp³-hybridized carbons (Fsp3) is 0.0769. The Bertz CT molecular complexity index is 760. The summed E-state index contributed by atoms with van der Waals surface area (Å²) in [5.41, 5.74) is 1.65. The van der Waals surface area contributed by atoms with E-state index >= 15 is 0 Å². The molecule has 7 nitrogen and oxygen atoms in total. The summed E-state index contributed by atoms with van der Waals surface area (Å²) in [6, 6.07) is 7.96. The van der Waals surface area contributed by atoms with Crippen molar-refractivity contribution >= 4 is 29.4 Å². The second-order valence-electron chi connectivity index (χ2n) is 4.07. The normalized spacial score (nSPS) is 10.1. The minimum Gasteiger partial charge on any atom is -0.457 e. The highest BCUT2D eigenvalue weighted by molar-refractivity contribution is 5.92. The van der Waals surface area contributed by atoms with Crippen LogP contribution in [0.1, 0.15) is 15.9 Å². The molecule has 3 rings (SSSR count). The van der Waals surface area contributed by atoms with E-state index in [0.29, 0.717) is 11.1 Å². The summed E-state index contributed by atoms with van der Waals surface area (Å²) in [7, 11) is 0. The molecule has 0 radical (unpaired) electrons. The Morgan fingerprint density at radius 1 is 1.38 bits per heavy atom. The zero-order valence-electron chi connectivity index (χ0n) is 10.6. The molecule has 8 heteroatoms. The number of hydrogen-bond acceptors (Lipinski definition) is 6. The molecular weight excluding hydrogens is 298 g/mol. The average molecular weight is 308 g/mol. The van der Waals surface area contributed by atoms with E-state index in [4.69, 9.17) is 4.74 Å². The van der Waals surface area contributed by atoms with Gasteiger partial charge in [0.05, 0.1) is 5.56 Å². The Morgan fingerprint density at radius 3 is 3.00 bits per heavy atom. The molecule has 2 aromatic heterocycles. The molecule has 0 unspecified atom stereocenters. The SMILES string of the molecule is Cl.O=C(OCc1cccnc1)c1ccc2c(c1)no[n+]2[O-]. The van der Waals surface area contributed by atoms with Crippen LogP contribution >= 0.6 is 12.4 Å².